The van der Waals surface area contributed by atoms with Crippen LogP contribution in [0.1, 0.15) is 25.7 Å². The fraction of sp³-hybridized carbons (Fsp3) is 0.625. The number of halogens is 1. The Morgan fingerprint density at radius 1 is 1.17 bits per heavy atom. The van der Waals surface area contributed by atoms with Crippen LogP contribution in [0, 0.1) is 6.92 Å². The summed E-state index contributed by atoms with van der Waals surface area (Å²) in [4.78, 5) is 0. The van der Waals surface area contributed by atoms with Crippen molar-refractivity contribution in [3.8, 4) is 0 Å². The molecule has 0 aromatic carbocycles. The minimum Gasteiger partial charge on any atom is -1.00 e. The van der Waals surface area contributed by atoms with Crippen LogP contribution in [0.4, 0.5) is 0 Å². The molecule has 0 spiro atoms. The van der Waals surface area contributed by atoms with E-state index in [0.717, 1.165) is 25.7 Å². The van der Waals surface area contributed by atoms with Crippen LogP contribution in [0.25, 0.3) is 0 Å². The first-order valence-electron chi connectivity index (χ1n) is 3.68. The zero-order valence-corrected chi connectivity index (χ0v) is 10.2. The first kappa shape index (κ1) is 15.1. The summed E-state index contributed by atoms with van der Waals surface area (Å²) in [5, 5.41) is 0. The molecule has 1 aliphatic heterocycles. The van der Waals surface area contributed by atoms with Crippen molar-refractivity contribution < 1.29 is 26.5 Å². The predicted molar refractivity (Wildman–Crippen MR) is 44.7 cm³/mol. The second-order valence-corrected chi connectivity index (χ2v) is 2.32. The summed E-state index contributed by atoms with van der Waals surface area (Å²) in [6.07, 6.45) is 7.43. The van der Waals surface area contributed by atoms with Crippen LogP contribution >= 0.6 is 0 Å². The average molecular weight is 245 g/mol. The van der Waals surface area contributed by atoms with Gasteiger partial charge in [-0.3, -0.25) is 0 Å². The number of unbranched alkanes of at least 4 members (excludes halogenated alkanes) is 2. The first-order chi connectivity index (χ1) is 4.93. The standard InChI is InChI=1S/C8H13O2.BrH.Mg/c1-2-3-4-5-8-9-6-7-10-8;;/h6-8H,1-5H2;1H;/q-1;;+2/p-1. The molecule has 12 heavy (non-hydrogen) atoms. The van der Waals surface area contributed by atoms with Crippen LogP contribution in [-0.2, 0) is 9.47 Å². The van der Waals surface area contributed by atoms with E-state index in [4.69, 9.17) is 9.47 Å². The fourth-order valence-corrected chi connectivity index (χ4v) is 0.895. The molecule has 0 aromatic heterocycles. The van der Waals surface area contributed by atoms with Crippen LogP contribution < -0.4 is 17.0 Å². The predicted octanol–water partition coefficient (Wildman–Crippen LogP) is -1.15. The maximum absolute atomic E-state index is 5.08. The minimum atomic E-state index is -0.0217. The third kappa shape index (κ3) is 6.14. The number of hydrogen-bond acceptors (Lipinski definition) is 2. The van der Waals surface area contributed by atoms with E-state index in [9.17, 15) is 0 Å². The van der Waals surface area contributed by atoms with Crippen LogP contribution in [0.5, 0.6) is 0 Å². The Balaban J connectivity index is 0. The van der Waals surface area contributed by atoms with Gasteiger partial charge in [-0.15, -0.1) is 0 Å². The Morgan fingerprint density at radius 3 is 2.25 bits per heavy atom. The number of rotatable bonds is 4. The third-order valence-electron chi connectivity index (χ3n) is 1.46. The van der Waals surface area contributed by atoms with Gasteiger partial charge >= 0.3 is 23.1 Å². The summed E-state index contributed by atoms with van der Waals surface area (Å²) in [7, 11) is 0. The molecule has 1 heterocycles. The summed E-state index contributed by atoms with van der Waals surface area (Å²) in [6, 6.07) is 0. The monoisotopic (exact) mass is 244 g/mol. The van der Waals surface area contributed by atoms with Gasteiger partial charge in [0.1, 0.15) is 12.5 Å². The quantitative estimate of drug-likeness (QED) is 0.354. The Kier molecular flexibility index (Phi) is 12.2. The van der Waals surface area contributed by atoms with E-state index in [0.29, 0.717) is 0 Å². The van der Waals surface area contributed by atoms with Crippen molar-refractivity contribution in [1.29, 1.82) is 0 Å². The van der Waals surface area contributed by atoms with Gasteiger partial charge in [-0.05, 0) is 6.42 Å². The minimum absolute atomic E-state index is 0. The van der Waals surface area contributed by atoms with E-state index in [1.165, 1.54) is 0 Å². The number of hydrogen-bond donors (Lipinski definition) is 0. The summed E-state index contributed by atoms with van der Waals surface area (Å²) < 4.78 is 10.2. The Hall–Kier alpha value is 0.586. The topological polar surface area (TPSA) is 18.5 Å². The average Bonchev–Trinajstić information content (AvgIpc) is 2.41. The normalized spacial score (nSPS) is 14.1. The molecule has 0 bridgehead atoms. The van der Waals surface area contributed by atoms with Crippen LogP contribution in [0.3, 0.4) is 0 Å². The van der Waals surface area contributed by atoms with Gasteiger partial charge in [-0.2, -0.15) is 6.42 Å². The van der Waals surface area contributed by atoms with E-state index in [2.05, 4.69) is 6.92 Å². The Labute approximate surface area is 101 Å². The molecule has 0 amide bonds. The van der Waals surface area contributed by atoms with Gasteiger partial charge in [0.05, 0.1) is 0 Å². The SMILES string of the molecule is [Br-].[CH2-]CCCCC1OC=CO1.[Mg+2]. The molecule has 0 fully saturated rings. The molecule has 4 heteroatoms. The van der Waals surface area contributed by atoms with Crippen molar-refractivity contribution in [2.45, 2.75) is 32.0 Å². The molecular formula is C8H13BrMgO2. The molecule has 2 nitrogen and oxygen atoms in total. The van der Waals surface area contributed by atoms with Gasteiger partial charge in [0.2, 0.25) is 6.29 Å². The maximum atomic E-state index is 5.08. The molecule has 1 rings (SSSR count). The zero-order chi connectivity index (χ0) is 7.23. The van der Waals surface area contributed by atoms with Crippen molar-refractivity contribution in [3.05, 3.63) is 19.4 Å². The molecule has 0 radical (unpaired) electrons. The zero-order valence-electron chi connectivity index (χ0n) is 7.17. The second kappa shape index (κ2) is 9.67. The van der Waals surface area contributed by atoms with E-state index in [1.807, 2.05) is 0 Å². The maximum Gasteiger partial charge on any atom is 2.00 e. The molecule has 66 valence electrons. The smallest absolute Gasteiger partial charge is 1.00 e. The van der Waals surface area contributed by atoms with Gasteiger partial charge in [0, 0.05) is 6.42 Å². The molecule has 0 saturated heterocycles. The van der Waals surface area contributed by atoms with Crippen molar-refractivity contribution in [1.82, 2.24) is 0 Å². The van der Waals surface area contributed by atoms with Gasteiger partial charge < -0.3 is 33.4 Å². The molecule has 0 aromatic rings. The second-order valence-electron chi connectivity index (χ2n) is 2.32. The Bertz CT molecular complexity index is 112. The van der Waals surface area contributed by atoms with Crippen molar-refractivity contribution >= 4 is 23.1 Å². The van der Waals surface area contributed by atoms with Gasteiger partial charge in [-0.1, -0.05) is 6.42 Å². The summed E-state index contributed by atoms with van der Waals surface area (Å²) in [5.41, 5.74) is 0. The van der Waals surface area contributed by atoms with Crippen LogP contribution in [0.15, 0.2) is 12.5 Å². The summed E-state index contributed by atoms with van der Waals surface area (Å²) >= 11 is 0. The largest absolute Gasteiger partial charge is 2.00 e. The van der Waals surface area contributed by atoms with E-state index >= 15 is 0 Å². The summed E-state index contributed by atoms with van der Waals surface area (Å²) in [5.74, 6) is 0. The van der Waals surface area contributed by atoms with Gasteiger partial charge in [0.15, 0.2) is 0 Å². The molecule has 0 saturated carbocycles. The summed E-state index contributed by atoms with van der Waals surface area (Å²) in [6.45, 7) is 3.75. The molecule has 0 aliphatic carbocycles. The molecule has 0 N–H and O–H groups in total. The van der Waals surface area contributed by atoms with Gasteiger partial charge in [0.25, 0.3) is 0 Å². The molecule has 0 unspecified atom stereocenters. The molecule has 0 atom stereocenters. The Morgan fingerprint density at radius 2 is 1.75 bits per heavy atom. The third-order valence-corrected chi connectivity index (χ3v) is 1.46. The van der Waals surface area contributed by atoms with Crippen molar-refractivity contribution in [3.63, 3.8) is 0 Å². The van der Waals surface area contributed by atoms with E-state index in [-0.39, 0.29) is 46.3 Å². The van der Waals surface area contributed by atoms with E-state index < -0.39 is 0 Å². The van der Waals surface area contributed by atoms with Crippen molar-refractivity contribution in [2.75, 3.05) is 0 Å². The number of ether oxygens (including phenoxy) is 2. The molecular weight excluding hydrogens is 232 g/mol. The van der Waals surface area contributed by atoms with Crippen LogP contribution in [0.2, 0.25) is 0 Å². The van der Waals surface area contributed by atoms with Crippen molar-refractivity contribution in [2.24, 2.45) is 0 Å². The molecule has 1 aliphatic rings. The van der Waals surface area contributed by atoms with Crippen LogP contribution in [-0.4, -0.2) is 29.3 Å². The van der Waals surface area contributed by atoms with Gasteiger partial charge in [-0.25, -0.2) is 0 Å². The first-order valence-corrected chi connectivity index (χ1v) is 3.68. The fourth-order valence-electron chi connectivity index (χ4n) is 0.895. The van der Waals surface area contributed by atoms with E-state index in [1.54, 1.807) is 12.5 Å².